The molecule has 0 spiro atoms. The molecule has 2 atom stereocenters. The molecule has 0 bridgehead atoms. The molecule has 2 aromatic carbocycles. The minimum absolute atomic E-state index is 0.0661. The third-order valence-corrected chi connectivity index (χ3v) is 7.09. The lowest BCUT2D eigenvalue weighted by molar-refractivity contribution is -0.00362. The highest BCUT2D eigenvalue weighted by molar-refractivity contribution is 7.89. The van der Waals surface area contributed by atoms with E-state index in [0.29, 0.717) is 6.61 Å². The summed E-state index contributed by atoms with van der Waals surface area (Å²) in [6.45, 7) is 0.780. The van der Waals surface area contributed by atoms with Crippen molar-refractivity contribution < 1.29 is 17.5 Å². The molecule has 1 fully saturated rings. The Morgan fingerprint density at radius 1 is 1.04 bits per heavy atom. The molecular formula is C19H17FN4O3S. The van der Waals surface area contributed by atoms with Crippen LogP contribution in [0.2, 0.25) is 0 Å². The molecule has 0 N–H and O–H groups in total. The Kier molecular flexibility index (Phi) is 4.04. The van der Waals surface area contributed by atoms with Gasteiger partial charge < -0.3 is 4.74 Å². The molecule has 2 aliphatic rings. The number of ether oxygens (including phenoxy) is 1. The zero-order chi connectivity index (χ0) is 19.3. The second-order valence-corrected chi connectivity index (χ2v) is 8.83. The maximum atomic E-state index is 13.2. The first-order valence-electron chi connectivity index (χ1n) is 8.91. The Morgan fingerprint density at radius 3 is 2.54 bits per heavy atom. The van der Waals surface area contributed by atoms with Crippen LogP contribution in [-0.2, 0) is 21.4 Å². The quantitative estimate of drug-likeness (QED) is 0.674. The number of fused-ring (bicyclic) bond motifs is 3. The highest BCUT2D eigenvalue weighted by atomic mass is 32.2. The van der Waals surface area contributed by atoms with Crippen molar-refractivity contribution in [3.63, 3.8) is 0 Å². The number of aromatic nitrogens is 3. The molecule has 0 amide bonds. The van der Waals surface area contributed by atoms with E-state index in [9.17, 15) is 12.8 Å². The average Bonchev–Trinajstić information content (AvgIpc) is 3.33. The monoisotopic (exact) mass is 400 g/mol. The number of sulfonamides is 1. The van der Waals surface area contributed by atoms with Crippen LogP contribution in [-0.4, -0.2) is 46.9 Å². The fraction of sp³-hybridized carbons (Fsp3) is 0.263. The maximum absolute atomic E-state index is 13.2. The number of benzene rings is 2. The summed E-state index contributed by atoms with van der Waals surface area (Å²) in [5.41, 5.74) is 2.53. The van der Waals surface area contributed by atoms with Gasteiger partial charge in [-0.3, -0.25) is 0 Å². The summed E-state index contributed by atoms with van der Waals surface area (Å²) < 4.78 is 48.1. The minimum atomic E-state index is -3.74. The van der Waals surface area contributed by atoms with Crippen LogP contribution in [0.5, 0.6) is 0 Å². The van der Waals surface area contributed by atoms with Gasteiger partial charge in [-0.15, -0.1) is 5.10 Å². The predicted octanol–water partition coefficient (Wildman–Crippen LogP) is 2.23. The van der Waals surface area contributed by atoms with Gasteiger partial charge in [-0.2, -0.15) is 4.31 Å². The summed E-state index contributed by atoms with van der Waals surface area (Å²) in [5, 5.41) is 8.60. The van der Waals surface area contributed by atoms with E-state index in [1.165, 1.54) is 16.4 Å². The van der Waals surface area contributed by atoms with E-state index in [0.717, 1.165) is 29.1 Å². The van der Waals surface area contributed by atoms with Gasteiger partial charge in [0.2, 0.25) is 10.0 Å². The van der Waals surface area contributed by atoms with E-state index in [2.05, 4.69) is 10.3 Å². The van der Waals surface area contributed by atoms with Crippen molar-refractivity contribution in [3.05, 3.63) is 66.1 Å². The molecule has 3 heterocycles. The molecule has 0 aliphatic carbocycles. The summed E-state index contributed by atoms with van der Waals surface area (Å²) in [4.78, 5) is 0.0661. The van der Waals surface area contributed by atoms with Crippen LogP contribution >= 0.6 is 0 Å². The first-order chi connectivity index (χ1) is 13.5. The van der Waals surface area contributed by atoms with E-state index in [-0.39, 0.29) is 30.1 Å². The van der Waals surface area contributed by atoms with Gasteiger partial charge in [-0.25, -0.2) is 17.5 Å². The fourth-order valence-corrected chi connectivity index (χ4v) is 5.26. The molecule has 0 radical (unpaired) electrons. The largest absolute Gasteiger partial charge is 0.368 e. The Balaban J connectivity index is 1.45. The van der Waals surface area contributed by atoms with Crippen LogP contribution in [0.3, 0.4) is 0 Å². The molecule has 5 rings (SSSR count). The van der Waals surface area contributed by atoms with E-state index in [4.69, 9.17) is 4.74 Å². The molecule has 0 saturated carbocycles. The second-order valence-electron chi connectivity index (χ2n) is 6.89. The lowest BCUT2D eigenvalue weighted by Crippen LogP contribution is -2.32. The molecule has 28 heavy (non-hydrogen) atoms. The Bertz CT molecular complexity index is 1120. The van der Waals surface area contributed by atoms with Gasteiger partial charge in [0.25, 0.3) is 0 Å². The Morgan fingerprint density at radius 2 is 1.79 bits per heavy atom. The summed E-state index contributed by atoms with van der Waals surface area (Å²) in [7, 11) is -3.74. The number of hydrogen-bond donors (Lipinski definition) is 0. The number of hydrogen-bond acceptors (Lipinski definition) is 5. The molecule has 7 nitrogen and oxygen atoms in total. The van der Waals surface area contributed by atoms with Crippen LogP contribution in [0.1, 0.15) is 11.7 Å². The van der Waals surface area contributed by atoms with E-state index in [1.54, 1.807) is 4.68 Å². The Hall–Kier alpha value is -2.62. The van der Waals surface area contributed by atoms with Crippen molar-refractivity contribution in [2.24, 2.45) is 0 Å². The first kappa shape index (κ1) is 17.5. The fourth-order valence-electron chi connectivity index (χ4n) is 3.79. The summed E-state index contributed by atoms with van der Waals surface area (Å²) in [6.07, 6.45) is -0.298. The van der Waals surface area contributed by atoms with Crippen LogP contribution in [0, 0.1) is 5.82 Å². The highest BCUT2D eigenvalue weighted by Crippen LogP contribution is 2.36. The van der Waals surface area contributed by atoms with Gasteiger partial charge in [0, 0.05) is 18.7 Å². The number of rotatable bonds is 3. The van der Waals surface area contributed by atoms with Crippen molar-refractivity contribution >= 4 is 10.0 Å². The zero-order valence-corrected chi connectivity index (χ0v) is 15.6. The van der Waals surface area contributed by atoms with Crippen LogP contribution in [0.15, 0.2) is 59.5 Å². The number of nitrogens with zero attached hydrogens (tertiary/aromatic N) is 4. The van der Waals surface area contributed by atoms with Crippen LogP contribution in [0.4, 0.5) is 4.39 Å². The second kappa shape index (κ2) is 6.47. The van der Waals surface area contributed by atoms with Crippen LogP contribution < -0.4 is 0 Å². The molecule has 1 aromatic heterocycles. The van der Waals surface area contributed by atoms with Gasteiger partial charge in [0.1, 0.15) is 11.5 Å². The van der Waals surface area contributed by atoms with Gasteiger partial charge in [-0.05, 0) is 24.3 Å². The molecule has 144 valence electrons. The van der Waals surface area contributed by atoms with Gasteiger partial charge >= 0.3 is 0 Å². The first-order valence-corrected chi connectivity index (χ1v) is 10.3. The molecular weight excluding hydrogens is 383 g/mol. The van der Waals surface area contributed by atoms with Crippen molar-refractivity contribution in [3.8, 4) is 11.3 Å². The van der Waals surface area contributed by atoms with Gasteiger partial charge in [0.05, 0.1) is 29.3 Å². The smallest absolute Gasteiger partial charge is 0.243 e. The molecule has 2 aliphatic heterocycles. The third-order valence-electron chi connectivity index (χ3n) is 5.24. The molecule has 9 heteroatoms. The lowest BCUT2D eigenvalue weighted by atomic mass is 10.1. The SMILES string of the molecule is O=S(=O)(c1ccc(F)cc1)N1CC2[C@@H](C1)OCc1c(-c3ccccc3)nnn12. The Labute approximate surface area is 161 Å². The predicted molar refractivity (Wildman–Crippen MR) is 98.2 cm³/mol. The van der Waals surface area contributed by atoms with Gasteiger partial charge in [0.15, 0.2) is 0 Å². The standard InChI is InChI=1S/C19H17FN4O3S/c20-14-6-8-15(9-7-14)28(25,26)23-10-16-18(11-23)27-12-17-19(21-22-24(16)17)13-4-2-1-3-5-13/h1-9,16,18H,10-12H2/t16?,18-/m1/s1. The lowest BCUT2D eigenvalue weighted by Gasteiger charge is -2.26. The van der Waals surface area contributed by atoms with Crippen molar-refractivity contribution in [2.45, 2.75) is 23.6 Å². The average molecular weight is 400 g/mol. The molecule has 1 saturated heterocycles. The topological polar surface area (TPSA) is 77.3 Å². The summed E-state index contributed by atoms with van der Waals surface area (Å²) in [6, 6.07) is 14.3. The number of halogens is 1. The summed E-state index contributed by atoms with van der Waals surface area (Å²) in [5.74, 6) is -0.474. The van der Waals surface area contributed by atoms with Gasteiger partial charge in [-0.1, -0.05) is 35.5 Å². The minimum Gasteiger partial charge on any atom is -0.368 e. The highest BCUT2D eigenvalue weighted by Gasteiger charge is 2.45. The normalized spacial score (nSPS) is 22.0. The van der Waals surface area contributed by atoms with Crippen LogP contribution in [0.25, 0.3) is 11.3 Å². The maximum Gasteiger partial charge on any atom is 0.243 e. The summed E-state index contributed by atoms with van der Waals surface area (Å²) >= 11 is 0. The third kappa shape index (κ3) is 2.74. The zero-order valence-electron chi connectivity index (χ0n) is 14.8. The van der Waals surface area contributed by atoms with Crippen molar-refractivity contribution in [1.29, 1.82) is 0 Å². The van der Waals surface area contributed by atoms with E-state index >= 15 is 0 Å². The van der Waals surface area contributed by atoms with E-state index < -0.39 is 15.8 Å². The van der Waals surface area contributed by atoms with Crippen molar-refractivity contribution in [1.82, 2.24) is 19.3 Å². The van der Waals surface area contributed by atoms with Crippen molar-refractivity contribution in [2.75, 3.05) is 13.1 Å². The molecule has 1 unspecified atom stereocenters. The van der Waals surface area contributed by atoms with E-state index in [1.807, 2.05) is 30.3 Å². The molecule has 3 aromatic rings.